The molecule has 10 heteroatoms. The first-order valence-corrected chi connectivity index (χ1v) is 13.7. The second kappa shape index (κ2) is 11.7. The van der Waals surface area contributed by atoms with E-state index in [2.05, 4.69) is 57.5 Å². The van der Waals surface area contributed by atoms with Crippen molar-refractivity contribution in [3.8, 4) is 0 Å². The lowest BCUT2D eigenvalue weighted by atomic mass is 9.77. The van der Waals surface area contributed by atoms with Crippen LogP contribution in [0.2, 0.25) is 0 Å². The van der Waals surface area contributed by atoms with Gasteiger partial charge in [-0.2, -0.15) is 0 Å². The molecule has 2 amide bonds. The summed E-state index contributed by atoms with van der Waals surface area (Å²) in [6.07, 6.45) is 0. The van der Waals surface area contributed by atoms with Gasteiger partial charge in [0.25, 0.3) is 5.91 Å². The van der Waals surface area contributed by atoms with E-state index in [0.29, 0.717) is 10.8 Å². The molecule has 2 unspecified atom stereocenters. The highest BCUT2D eigenvalue weighted by molar-refractivity contribution is 7.14. The Balaban J connectivity index is 1.53. The number of benzene rings is 3. The van der Waals surface area contributed by atoms with Crippen LogP contribution in [0.25, 0.3) is 0 Å². The standard InChI is InChI=1S/C29H26ClN5O3S/c1-38-35-25(27(37)33-24-22(17-30)31-26(24)36)23-18-39-28(32-23)34-29(19-11-5-2-6-12-19,20-13-7-3-8-14-20)21-15-9-4-10-16-21/h2-16,18,22,24H,17H2,1H3,(H,31,36)(H,32,34)(H,33,37). The minimum atomic E-state index is -0.780. The van der Waals surface area contributed by atoms with Crippen LogP contribution < -0.4 is 16.0 Å². The van der Waals surface area contributed by atoms with E-state index in [0.717, 1.165) is 16.7 Å². The molecule has 8 nitrogen and oxygen atoms in total. The van der Waals surface area contributed by atoms with E-state index in [1.54, 1.807) is 5.38 Å². The number of aromatic nitrogens is 1. The molecule has 3 aromatic carbocycles. The molecule has 1 aliphatic heterocycles. The minimum absolute atomic E-state index is 0.0421. The molecule has 2 atom stereocenters. The average molecular weight is 560 g/mol. The number of β-lactam (4-membered cyclic amide) rings is 1. The van der Waals surface area contributed by atoms with E-state index in [1.807, 2.05) is 54.6 Å². The van der Waals surface area contributed by atoms with Crippen molar-refractivity contribution >= 4 is 45.6 Å². The number of amides is 2. The van der Waals surface area contributed by atoms with Gasteiger partial charge in [-0.25, -0.2) is 4.98 Å². The predicted octanol–water partition coefficient (Wildman–Crippen LogP) is 4.12. The van der Waals surface area contributed by atoms with E-state index in [9.17, 15) is 9.59 Å². The van der Waals surface area contributed by atoms with Gasteiger partial charge in [-0.3, -0.25) is 9.59 Å². The largest absolute Gasteiger partial charge is 0.398 e. The molecule has 0 bridgehead atoms. The van der Waals surface area contributed by atoms with Gasteiger partial charge in [-0.15, -0.1) is 22.9 Å². The summed E-state index contributed by atoms with van der Waals surface area (Å²) in [5.74, 6) is -0.701. The number of thiazole rings is 1. The second-order valence-electron chi connectivity index (χ2n) is 8.85. The predicted molar refractivity (Wildman–Crippen MR) is 153 cm³/mol. The fourth-order valence-electron chi connectivity index (χ4n) is 4.62. The zero-order valence-corrected chi connectivity index (χ0v) is 22.6. The fourth-order valence-corrected chi connectivity index (χ4v) is 5.63. The fraction of sp³-hybridized carbons (Fsp3) is 0.172. The molecule has 39 heavy (non-hydrogen) atoms. The Morgan fingerprint density at radius 3 is 2.00 bits per heavy atom. The van der Waals surface area contributed by atoms with Gasteiger partial charge in [-0.05, 0) is 16.7 Å². The maximum absolute atomic E-state index is 13.1. The van der Waals surface area contributed by atoms with Crippen LogP contribution in [0.4, 0.5) is 5.13 Å². The maximum Gasteiger partial charge on any atom is 0.276 e. The highest BCUT2D eigenvalue weighted by Crippen LogP contribution is 2.40. The van der Waals surface area contributed by atoms with Crippen molar-refractivity contribution in [2.75, 3.05) is 18.3 Å². The van der Waals surface area contributed by atoms with Crippen LogP contribution in [-0.4, -0.2) is 47.6 Å². The van der Waals surface area contributed by atoms with E-state index in [1.165, 1.54) is 18.4 Å². The zero-order chi connectivity index (χ0) is 27.2. The number of nitrogens with zero attached hydrogens (tertiary/aromatic N) is 2. The normalized spacial score (nSPS) is 17.1. The van der Waals surface area contributed by atoms with Crippen molar-refractivity contribution in [1.82, 2.24) is 15.6 Å². The summed E-state index contributed by atoms with van der Waals surface area (Å²) < 4.78 is 0. The van der Waals surface area contributed by atoms with Crippen LogP contribution in [0.1, 0.15) is 22.4 Å². The number of anilines is 1. The Kier molecular flexibility index (Phi) is 7.90. The van der Waals surface area contributed by atoms with Crippen molar-refractivity contribution in [2.45, 2.75) is 17.6 Å². The summed E-state index contributed by atoms with van der Waals surface area (Å²) in [6, 6.07) is 29.3. The van der Waals surface area contributed by atoms with Crippen molar-refractivity contribution in [1.29, 1.82) is 0 Å². The third-order valence-electron chi connectivity index (χ3n) is 6.52. The molecule has 1 aromatic heterocycles. The van der Waals surface area contributed by atoms with Crippen LogP contribution in [0, 0.1) is 0 Å². The number of carbonyl (C=O) groups is 2. The average Bonchev–Trinajstić information content (AvgIpc) is 3.45. The van der Waals surface area contributed by atoms with Crippen LogP contribution in [0.15, 0.2) is 102 Å². The molecule has 198 valence electrons. The number of halogens is 1. The van der Waals surface area contributed by atoms with Gasteiger partial charge in [0.1, 0.15) is 24.4 Å². The smallest absolute Gasteiger partial charge is 0.276 e. The molecule has 5 rings (SSSR count). The van der Waals surface area contributed by atoms with Crippen molar-refractivity contribution in [3.63, 3.8) is 0 Å². The van der Waals surface area contributed by atoms with Crippen LogP contribution >= 0.6 is 22.9 Å². The van der Waals surface area contributed by atoms with Gasteiger partial charge in [0.15, 0.2) is 10.8 Å². The summed E-state index contributed by atoms with van der Waals surface area (Å²) >= 11 is 7.22. The lowest BCUT2D eigenvalue weighted by Crippen LogP contribution is -2.70. The third-order valence-corrected chi connectivity index (χ3v) is 7.61. The molecule has 0 saturated carbocycles. The van der Waals surface area contributed by atoms with Crippen LogP contribution in [0.3, 0.4) is 0 Å². The number of hydrogen-bond acceptors (Lipinski definition) is 7. The van der Waals surface area contributed by atoms with Gasteiger partial charge in [0, 0.05) is 11.3 Å². The molecule has 0 spiro atoms. The summed E-state index contributed by atoms with van der Waals surface area (Å²) in [7, 11) is 1.35. The molecular weight excluding hydrogens is 534 g/mol. The number of carbonyl (C=O) groups excluding carboxylic acids is 2. The van der Waals surface area contributed by atoms with Crippen LogP contribution in [0.5, 0.6) is 0 Å². The number of rotatable bonds is 10. The summed E-state index contributed by atoms with van der Waals surface area (Å²) in [5, 5.41) is 15.2. The summed E-state index contributed by atoms with van der Waals surface area (Å²) in [4.78, 5) is 34.7. The molecule has 3 N–H and O–H groups in total. The lowest BCUT2D eigenvalue weighted by Gasteiger charge is -2.36. The Bertz CT molecular complexity index is 1370. The van der Waals surface area contributed by atoms with E-state index >= 15 is 0 Å². The first kappa shape index (κ1) is 26.4. The van der Waals surface area contributed by atoms with Gasteiger partial charge in [-0.1, -0.05) is 96.2 Å². The summed E-state index contributed by atoms with van der Waals surface area (Å²) in [6.45, 7) is 0. The number of oxime groups is 1. The second-order valence-corrected chi connectivity index (χ2v) is 10.0. The van der Waals surface area contributed by atoms with Crippen molar-refractivity contribution in [2.24, 2.45) is 5.16 Å². The van der Waals surface area contributed by atoms with Gasteiger partial charge in [0.05, 0.1) is 6.04 Å². The molecule has 0 aliphatic carbocycles. The van der Waals surface area contributed by atoms with Crippen LogP contribution in [-0.2, 0) is 20.0 Å². The first-order chi connectivity index (χ1) is 19.1. The van der Waals surface area contributed by atoms with Crippen molar-refractivity contribution < 1.29 is 14.4 Å². The quantitative estimate of drug-likeness (QED) is 0.0891. The minimum Gasteiger partial charge on any atom is -0.398 e. The van der Waals surface area contributed by atoms with E-state index < -0.39 is 17.5 Å². The molecule has 1 aliphatic rings. The number of alkyl halides is 1. The molecule has 1 saturated heterocycles. The Labute approximate surface area is 235 Å². The Hall–Kier alpha value is -4.21. The molecule has 4 aromatic rings. The van der Waals surface area contributed by atoms with Crippen molar-refractivity contribution in [3.05, 3.63) is 119 Å². The highest BCUT2D eigenvalue weighted by atomic mass is 35.5. The van der Waals surface area contributed by atoms with E-state index in [4.69, 9.17) is 21.4 Å². The zero-order valence-electron chi connectivity index (χ0n) is 21.0. The molecule has 1 fully saturated rings. The number of nitrogens with one attached hydrogen (secondary N) is 3. The molecule has 2 heterocycles. The third kappa shape index (κ3) is 5.23. The van der Waals surface area contributed by atoms with E-state index in [-0.39, 0.29) is 23.5 Å². The number of hydrogen-bond donors (Lipinski definition) is 3. The topological polar surface area (TPSA) is 105 Å². The summed E-state index contributed by atoms with van der Waals surface area (Å²) in [5.41, 5.74) is 2.55. The lowest BCUT2D eigenvalue weighted by molar-refractivity contribution is -0.134. The monoisotopic (exact) mass is 559 g/mol. The first-order valence-electron chi connectivity index (χ1n) is 12.3. The van der Waals surface area contributed by atoms with Gasteiger partial charge < -0.3 is 20.8 Å². The maximum atomic E-state index is 13.1. The molecule has 0 radical (unpaired) electrons. The van der Waals surface area contributed by atoms with Gasteiger partial charge in [0.2, 0.25) is 5.91 Å². The highest BCUT2D eigenvalue weighted by Gasteiger charge is 2.41. The van der Waals surface area contributed by atoms with Gasteiger partial charge >= 0.3 is 0 Å². The Morgan fingerprint density at radius 1 is 1.00 bits per heavy atom. The molecular formula is C29H26ClN5O3S. The Morgan fingerprint density at radius 2 is 1.54 bits per heavy atom. The SMILES string of the molecule is CON=C(C(=O)NC1C(=O)NC1CCl)c1csc(NC(c2ccccc2)(c2ccccc2)c2ccccc2)n1.